The molecule has 0 aliphatic carbocycles. The maximum Gasteiger partial charge on any atom is 0.347 e. The molecule has 0 spiro atoms. The molecule has 0 saturated heterocycles. The molecule has 0 saturated carbocycles. The fourth-order valence-corrected chi connectivity index (χ4v) is 0.835. The first-order valence-electron chi connectivity index (χ1n) is 3.83. The average molecular weight is 177 g/mol. The van der Waals surface area contributed by atoms with Gasteiger partial charge in [-0.25, -0.2) is 4.79 Å². The van der Waals surface area contributed by atoms with Crippen molar-refractivity contribution in [3.05, 3.63) is 0 Å². The van der Waals surface area contributed by atoms with E-state index in [1.54, 1.807) is 6.92 Å². The van der Waals surface area contributed by atoms with E-state index in [1.807, 2.05) is 0 Å². The molecule has 0 fully saturated rings. The van der Waals surface area contributed by atoms with E-state index in [9.17, 15) is 9.90 Å². The van der Waals surface area contributed by atoms with Gasteiger partial charge in [0.1, 0.15) is 0 Å². The quantitative estimate of drug-likeness (QED) is 0.406. The number of hydrogen-bond donors (Lipinski definition) is 3. The van der Waals surface area contributed by atoms with Crippen LogP contribution < -0.4 is 5.73 Å². The highest BCUT2D eigenvalue weighted by Crippen LogP contribution is 2.09. The van der Waals surface area contributed by atoms with Crippen LogP contribution in [0.5, 0.6) is 0 Å². The predicted molar refractivity (Wildman–Crippen MR) is 42.2 cm³/mol. The molecule has 0 aromatic carbocycles. The normalized spacial score (nSPS) is 18.1. The van der Waals surface area contributed by atoms with E-state index in [0.29, 0.717) is 6.42 Å². The summed E-state index contributed by atoms with van der Waals surface area (Å²) < 4.78 is 0. The summed E-state index contributed by atoms with van der Waals surface area (Å²) in [5, 5.41) is 17.4. The van der Waals surface area contributed by atoms with Gasteiger partial charge in [0.15, 0.2) is 0 Å². The molecule has 5 nitrogen and oxygen atoms in total. The molecule has 5 heteroatoms. The summed E-state index contributed by atoms with van der Waals surface area (Å²) in [7, 11) is 0. The van der Waals surface area contributed by atoms with E-state index >= 15 is 0 Å². The fraction of sp³-hybridized carbons (Fsp3) is 0.857. The summed E-state index contributed by atoms with van der Waals surface area (Å²) in [6.07, 6.45) is -0.417. The van der Waals surface area contributed by atoms with Crippen LogP contribution in [0, 0.1) is 5.92 Å². The topological polar surface area (TPSA) is 92.8 Å². The van der Waals surface area contributed by atoms with Gasteiger partial charge in [-0.1, -0.05) is 6.92 Å². The Morgan fingerprint density at radius 2 is 2.17 bits per heavy atom. The third-order valence-corrected chi connectivity index (χ3v) is 1.88. The second-order valence-corrected chi connectivity index (χ2v) is 2.76. The molecule has 0 heterocycles. The van der Waals surface area contributed by atoms with Crippen LogP contribution in [0.15, 0.2) is 0 Å². The number of nitrogens with two attached hydrogens (primary N) is 1. The maximum atomic E-state index is 10.7. The molecule has 72 valence electrons. The van der Waals surface area contributed by atoms with E-state index in [1.165, 1.54) is 6.92 Å². The molecule has 0 aliphatic rings. The van der Waals surface area contributed by atoms with Crippen LogP contribution in [0.3, 0.4) is 0 Å². The van der Waals surface area contributed by atoms with Crippen molar-refractivity contribution in [2.75, 3.05) is 0 Å². The van der Waals surface area contributed by atoms with Gasteiger partial charge >= 0.3 is 5.97 Å². The van der Waals surface area contributed by atoms with Crippen molar-refractivity contribution < 1.29 is 20.0 Å². The number of hydrogen-bond acceptors (Lipinski definition) is 5. The lowest BCUT2D eigenvalue weighted by molar-refractivity contribution is -0.241. The van der Waals surface area contributed by atoms with Gasteiger partial charge in [0, 0.05) is 6.04 Å². The second kappa shape index (κ2) is 5.08. The number of carbonyl (C=O) groups excluding carboxylic acids is 1. The van der Waals surface area contributed by atoms with Crippen LogP contribution in [-0.2, 0) is 9.68 Å². The minimum absolute atomic E-state index is 0.473. The molecule has 0 radical (unpaired) electrons. The fourth-order valence-electron chi connectivity index (χ4n) is 0.835. The molecule has 0 aromatic rings. The smallest absolute Gasteiger partial charge is 0.347 e. The molecular formula is C7H15NO4. The maximum absolute atomic E-state index is 10.7. The van der Waals surface area contributed by atoms with Gasteiger partial charge in [-0.15, -0.1) is 0 Å². The Balaban J connectivity index is 4.08. The highest BCUT2D eigenvalue weighted by Gasteiger charge is 2.27. The molecule has 12 heavy (non-hydrogen) atoms. The van der Waals surface area contributed by atoms with Crippen LogP contribution >= 0.6 is 0 Å². The minimum Gasteiger partial charge on any atom is -0.391 e. The molecule has 4 N–H and O–H groups in total. The molecule has 3 atom stereocenters. The molecule has 0 bridgehead atoms. The van der Waals surface area contributed by atoms with Gasteiger partial charge in [0.25, 0.3) is 0 Å². The van der Waals surface area contributed by atoms with Gasteiger partial charge in [-0.3, -0.25) is 0 Å². The van der Waals surface area contributed by atoms with Crippen molar-refractivity contribution in [1.29, 1.82) is 0 Å². The Hall–Kier alpha value is -0.650. The zero-order valence-electron chi connectivity index (χ0n) is 7.23. The molecular weight excluding hydrogens is 162 g/mol. The summed E-state index contributed by atoms with van der Waals surface area (Å²) in [6, 6.07) is -0.473. The van der Waals surface area contributed by atoms with Gasteiger partial charge in [0.05, 0.1) is 12.0 Å². The van der Waals surface area contributed by atoms with E-state index in [-0.39, 0.29) is 0 Å². The number of aliphatic hydroxyl groups is 1. The summed E-state index contributed by atoms with van der Waals surface area (Å²) in [5.74, 6) is -1.67. The Bertz CT molecular complexity index is 150. The zero-order chi connectivity index (χ0) is 9.72. The number of aliphatic hydroxyl groups excluding tert-OH is 1. The predicted octanol–water partition coefficient (Wildman–Crippen LogP) is -0.263. The van der Waals surface area contributed by atoms with Crippen LogP contribution in [0.25, 0.3) is 0 Å². The van der Waals surface area contributed by atoms with Gasteiger partial charge < -0.3 is 15.7 Å². The van der Waals surface area contributed by atoms with Crippen LogP contribution in [0.1, 0.15) is 20.3 Å². The average Bonchev–Trinajstić information content (AvgIpc) is 2.12. The first-order chi connectivity index (χ1) is 5.54. The third kappa shape index (κ3) is 2.77. The largest absolute Gasteiger partial charge is 0.391 e. The highest BCUT2D eigenvalue weighted by atomic mass is 17.1. The first-order valence-corrected chi connectivity index (χ1v) is 3.83. The zero-order valence-corrected chi connectivity index (χ0v) is 7.23. The van der Waals surface area contributed by atoms with Gasteiger partial charge in [0.2, 0.25) is 0 Å². The molecule has 0 rings (SSSR count). The Labute approximate surface area is 71.1 Å². The SMILES string of the molecule is CCC(N)C(O)C(C)C(=O)OO. The molecule has 3 unspecified atom stereocenters. The van der Waals surface area contributed by atoms with Crippen molar-refractivity contribution in [3.63, 3.8) is 0 Å². The Kier molecular flexibility index (Phi) is 4.80. The van der Waals surface area contributed by atoms with Crippen molar-refractivity contribution in [2.45, 2.75) is 32.4 Å². The van der Waals surface area contributed by atoms with Crippen molar-refractivity contribution in [3.8, 4) is 0 Å². The Morgan fingerprint density at radius 1 is 1.67 bits per heavy atom. The van der Waals surface area contributed by atoms with Crippen molar-refractivity contribution in [2.24, 2.45) is 11.7 Å². The highest BCUT2D eigenvalue weighted by molar-refractivity contribution is 5.72. The van der Waals surface area contributed by atoms with Gasteiger partial charge in [-0.05, 0) is 13.3 Å². The van der Waals surface area contributed by atoms with Crippen LogP contribution in [0.2, 0.25) is 0 Å². The van der Waals surface area contributed by atoms with Gasteiger partial charge in [-0.2, -0.15) is 5.26 Å². The lowest BCUT2D eigenvalue weighted by Gasteiger charge is -2.20. The summed E-state index contributed by atoms with van der Waals surface area (Å²) >= 11 is 0. The standard InChI is InChI=1S/C7H15NO4/c1-3-5(8)6(9)4(2)7(10)12-11/h4-6,9,11H,3,8H2,1-2H3. The minimum atomic E-state index is -0.977. The number of rotatable bonds is 4. The van der Waals surface area contributed by atoms with Crippen LogP contribution in [0.4, 0.5) is 0 Å². The second-order valence-electron chi connectivity index (χ2n) is 2.76. The monoisotopic (exact) mass is 177 g/mol. The van der Waals surface area contributed by atoms with E-state index in [2.05, 4.69) is 4.89 Å². The van der Waals surface area contributed by atoms with Crippen LogP contribution in [-0.4, -0.2) is 28.5 Å². The molecule has 0 aliphatic heterocycles. The molecule has 0 aromatic heterocycles. The number of carbonyl (C=O) groups is 1. The summed E-state index contributed by atoms with van der Waals surface area (Å²) in [4.78, 5) is 14.2. The van der Waals surface area contributed by atoms with Crippen molar-refractivity contribution >= 4 is 5.97 Å². The Morgan fingerprint density at radius 3 is 2.50 bits per heavy atom. The molecule has 0 amide bonds. The summed E-state index contributed by atoms with van der Waals surface area (Å²) in [6.45, 7) is 3.24. The van der Waals surface area contributed by atoms with E-state index < -0.39 is 24.0 Å². The van der Waals surface area contributed by atoms with Crippen molar-refractivity contribution in [1.82, 2.24) is 0 Å². The lowest BCUT2D eigenvalue weighted by Crippen LogP contribution is -2.41. The third-order valence-electron chi connectivity index (χ3n) is 1.88. The van der Waals surface area contributed by atoms with E-state index in [4.69, 9.17) is 11.0 Å². The van der Waals surface area contributed by atoms with E-state index in [0.717, 1.165) is 0 Å². The lowest BCUT2D eigenvalue weighted by atomic mass is 9.97. The summed E-state index contributed by atoms with van der Waals surface area (Å²) in [5.41, 5.74) is 5.47. The first kappa shape index (κ1) is 11.4.